The van der Waals surface area contributed by atoms with Crippen LogP contribution in [-0.4, -0.2) is 11.7 Å². The van der Waals surface area contributed by atoms with Crippen LogP contribution in [0.4, 0.5) is 4.39 Å². The zero-order valence-electron chi connectivity index (χ0n) is 10.5. The molecule has 0 fully saturated rings. The molecule has 1 unspecified atom stereocenters. The van der Waals surface area contributed by atoms with Gasteiger partial charge >= 0.3 is 0 Å². The summed E-state index contributed by atoms with van der Waals surface area (Å²) in [5, 5.41) is 15.3. The number of rotatable bonds is 4. The molecule has 0 bridgehead atoms. The van der Waals surface area contributed by atoms with Crippen LogP contribution in [0.15, 0.2) is 35.7 Å². The first-order valence-electron chi connectivity index (χ1n) is 6.41. The van der Waals surface area contributed by atoms with Crippen molar-refractivity contribution < 1.29 is 9.50 Å². The zero-order chi connectivity index (χ0) is 13.3. The summed E-state index contributed by atoms with van der Waals surface area (Å²) >= 11 is 1.68. The predicted molar refractivity (Wildman–Crippen MR) is 74.6 cm³/mol. The smallest absolute Gasteiger partial charge is 0.126 e. The van der Waals surface area contributed by atoms with Crippen LogP contribution in [0.3, 0.4) is 0 Å². The molecule has 1 aromatic carbocycles. The van der Waals surface area contributed by atoms with E-state index in [1.165, 1.54) is 10.9 Å². The molecule has 1 atom stereocenters. The Morgan fingerprint density at radius 2 is 2.21 bits per heavy atom. The second kappa shape index (κ2) is 5.04. The van der Waals surface area contributed by atoms with Gasteiger partial charge in [0.25, 0.3) is 0 Å². The highest BCUT2D eigenvalue weighted by molar-refractivity contribution is 7.09. The maximum Gasteiger partial charge on any atom is 0.126 e. The number of nitrogens with one attached hydrogen (secondary N) is 1. The summed E-state index contributed by atoms with van der Waals surface area (Å²) in [4.78, 5) is 1.22. The highest BCUT2D eigenvalue weighted by Gasteiger charge is 2.39. The zero-order valence-corrected chi connectivity index (χ0v) is 11.3. The lowest BCUT2D eigenvalue weighted by Gasteiger charge is -2.29. The van der Waals surface area contributed by atoms with Crippen molar-refractivity contribution in [3.05, 3.63) is 57.5 Å². The van der Waals surface area contributed by atoms with Crippen LogP contribution in [0.2, 0.25) is 0 Å². The van der Waals surface area contributed by atoms with Gasteiger partial charge in [0.2, 0.25) is 0 Å². The average Bonchev–Trinajstić information content (AvgIpc) is 3.05. The summed E-state index contributed by atoms with van der Waals surface area (Å²) in [6, 6.07) is 9.20. The quantitative estimate of drug-likeness (QED) is 0.900. The maximum absolute atomic E-state index is 13.8. The van der Waals surface area contributed by atoms with E-state index in [4.69, 9.17) is 0 Å². The minimum atomic E-state index is -0.499. The van der Waals surface area contributed by atoms with Gasteiger partial charge in [-0.1, -0.05) is 18.2 Å². The van der Waals surface area contributed by atoms with Gasteiger partial charge in [0, 0.05) is 11.4 Å². The fourth-order valence-electron chi connectivity index (χ4n) is 2.81. The molecule has 0 spiro atoms. The minimum absolute atomic E-state index is 0.00513. The Labute approximate surface area is 115 Å². The second-order valence-electron chi connectivity index (χ2n) is 4.94. The topological polar surface area (TPSA) is 32.3 Å². The van der Waals surface area contributed by atoms with Crippen LogP contribution in [0.5, 0.6) is 0 Å². The highest BCUT2D eigenvalue weighted by Crippen LogP contribution is 2.38. The van der Waals surface area contributed by atoms with Crippen LogP contribution in [-0.2, 0) is 18.5 Å². The number of benzene rings is 1. The van der Waals surface area contributed by atoms with Gasteiger partial charge in [-0.3, -0.25) is 0 Å². The Hall–Kier alpha value is -1.23. The third-order valence-electron chi connectivity index (χ3n) is 3.89. The Kier molecular flexibility index (Phi) is 3.39. The first-order valence-corrected chi connectivity index (χ1v) is 7.29. The molecule has 1 aliphatic carbocycles. The van der Waals surface area contributed by atoms with Gasteiger partial charge in [0.15, 0.2) is 0 Å². The van der Waals surface area contributed by atoms with Crippen molar-refractivity contribution in [1.29, 1.82) is 0 Å². The Morgan fingerprint density at radius 1 is 1.32 bits per heavy atom. The molecule has 0 saturated heterocycles. The standard InChI is InChI=1S/C15H16FNOS/c16-14-5-1-4-13-12(14)6-7-15(13,10-18)17-9-11-3-2-8-19-11/h1-5,8,17-18H,6-7,9-10H2. The van der Waals surface area contributed by atoms with Gasteiger partial charge in [0.1, 0.15) is 5.82 Å². The number of hydrogen-bond donors (Lipinski definition) is 2. The first kappa shape index (κ1) is 12.8. The second-order valence-corrected chi connectivity index (χ2v) is 5.97. The fraction of sp³-hybridized carbons (Fsp3) is 0.333. The lowest BCUT2D eigenvalue weighted by atomic mass is 9.92. The van der Waals surface area contributed by atoms with Gasteiger partial charge < -0.3 is 10.4 Å². The molecule has 0 amide bonds. The van der Waals surface area contributed by atoms with Crippen molar-refractivity contribution in [3.63, 3.8) is 0 Å². The minimum Gasteiger partial charge on any atom is -0.394 e. The number of fused-ring (bicyclic) bond motifs is 1. The van der Waals surface area contributed by atoms with Gasteiger partial charge in [-0.05, 0) is 41.5 Å². The SMILES string of the molecule is OCC1(NCc2cccs2)CCc2c(F)cccc21. The predicted octanol–water partition coefficient (Wildman–Crippen LogP) is 2.81. The molecule has 4 heteroatoms. The molecule has 19 heavy (non-hydrogen) atoms. The first-order chi connectivity index (χ1) is 9.25. The molecule has 100 valence electrons. The Balaban J connectivity index is 1.88. The van der Waals surface area contributed by atoms with Gasteiger partial charge in [-0.25, -0.2) is 4.39 Å². The van der Waals surface area contributed by atoms with Crippen molar-refractivity contribution in [2.75, 3.05) is 6.61 Å². The molecular formula is C15H16FNOS. The third-order valence-corrected chi connectivity index (χ3v) is 4.76. The lowest BCUT2D eigenvalue weighted by molar-refractivity contribution is 0.159. The monoisotopic (exact) mass is 277 g/mol. The van der Waals surface area contributed by atoms with Gasteiger partial charge in [-0.2, -0.15) is 0 Å². The lowest BCUT2D eigenvalue weighted by Crippen LogP contribution is -2.43. The number of aliphatic hydroxyl groups is 1. The molecule has 2 nitrogen and oxygen atoms in total. The molecule has 2 N–H and O–H groups in total. The van der Waals surface area contributed by atoms with E-state index in [2.05, 4.69) is 11.4 Å². The van der Waals surface area contributed by atoms with E-state index in [-0.39, 0.29) is 12.4 Å². The van der Waals surface area contributed by atoms with Crippen LogP contribution < -0.4 is 5.32 Å². The van der Waals surface area contributed by atoms with Crippen molar-refractivity contribution >= 4 is 11.3 Å². The molecule has 1 aromatic heterocycles. The van der Waals surface area contributed by atoms with E-state index in [9.17, 15) is 9.50 Å². The maximum atomic E-state index is 13.8. The summed E-state index contributed by atoms with van der Waals surface area (Å²) < 4.78 is 13.8. The van der Waals surface area contributed by atoms with Gasteiger partial charge in [-0.15, -0.1) is 11.3 Å². The van der Waals surface area contributed by atoms with E-state index >= 15 is 0 Å². The van der Waals surface area contributed by atoms with Gasteiger partial charge in [0.05, 0.1) is 12.1 Å². The Bertz CT molecular complexity index is 570. The van der Waals surface area contributed by atoms with E-state index < -0.39 is 5.54 Å². The highest BCUT2D eigenvalue weighted by atomic mass is 32.1. The summed E-state index contributed by atoms with van der Waals surface area (Å²) in [5.74, 6) is -0.161. The molecular weight excluding hydrogens is 261 g/mol. The molecule has 0 aliphatic heterocycles. The fourth-order valence-corrected chi connectivity index (χ4v) is 3.45. The van der Waals surface area contributed by atoms with Crippen molar-refractivity contribution in [2.24, 2.45) is 0 Å². The normalized spacial score (nSPS) is 21.6. The van der Waals surface area contributed by atoms with Crippen LogP contribution in [0.25, 0.3) is 0 Å². The Morgan fingerprint density at radius 3 is 2.95 bits per heavy atom. The molecule has 1 heterocycles. The third kappa shape index (κ3) is 2.20. The van der Waals surface area contributed by atoms with Crippen LogP contribution in [0.1, 0.15) is 22.4 Å². The van der Waals surface area contributed by atoms with E-state index in [0.29, 0.717) is 13.0 Å². The average molecular weight is 277 g/mol. The molecule has 3 rings (SSSR count). The summed E-state index contributed by atoms with van der Waals surface area (Å²) in [7, 11) is 0. The largest absolute Gasteiger partial charge is 0.394 e. The molecule has 0 saturated carbocycles. The van der Waals surface area contributed by atoms with E-state index in [0.717, 1.165) is 17.5 Å². The summed E-state index contributed by atoms with van der Waals surface area (Å²) in [6.07, 6.45) is 1.42. The molecule has 1 aliphatic rings. The summed E-state index contributed by atoms with van der Waals surface area (Å²) in [6.45, 7) is 0.697. The van der Waals surface area contributed by atoms with E-state index in [1.54, 1.807) is 17.4 Å². The van der Waals surface area contributed by atoms with Crippen molar-refractivity contribution in [3.8, 4) is 0 Å². The number of thiophene rings is 1. The molecule has 0 radical (unpaired) electrons. The number of hydrogen-bond acceptors (Lipinski definition) is 3. The van der Waals surface area contributed by atoms with Crippen LogP contribution >= 0.6 is 11.3 Å². The molecule has 2 aromatic rings. The number of aliphatic hydroxyl groups excluding tert-OH is 1. The summed E-state index contributed by atoms with van der Waals surface area (Å²) in [5.41, 5.74) is 1.16. The van der Waals surface area contributed by atoms with Crippen molar-refractivity contribution in [2.45, 2.75) is 24.9 Å². The van der Waals surface area contributed by atoms with E-state index in [1.807, 2.05) is 17.5 Å². The van der Waals surface area contributed by atoms with Crippen LogP contribution in [0, 0.1) is 5.82 Å². The number of halogens is 1. The van der Waals surface area contributed by atoms with Crippen molar-refractivity contribution in [1.82, 2.24) is 5.32 Å².